The van der Waals surface area contributed by atoms with Gasteiger partial charge in [0.15, 0.2) is 0 Å². The molecular weight excluding hydrogens is 248 g/mol. The third-order valence-electron chi connectivity index (χ3n) is 1.77. The first kappa shape index (κ1) is 11.2. The third kappa shape index (κ3) is 2.55. The highest BCUT2D eigenvalue weighted by molar-refractivity contribution is 9.10. The van der Waals surface area contributed by atoms with E-state index in [1.54, 1.807) is 0 Å². The number of likely N-dealkylation sites (N-methyl/N-ethyl adjacent to an activating group) is 1. The molecule has 1 aromatic heterocycles. The molecule has 14 heavy (non-hydrogen) atoms. The molecule has 0 unspecified atom stereocenters. The largest absolute Gasteiger partial charge is 0.396 e. The molecule has 0 aromatic carbocycles. The summed E-state index contributed by atoms with van der Waals surface area (Å²) in [6.45, 7) is 1.33. The highest BCUT2D eigenvalue weighted by atomic mass is 79.9. The Labute approximate surface area is 90.6 Å². The molecule has 0 aliphatic rings. The fourth-order valence-corrected chi connectivity index (χ4v) is 1.24. The van der Waals surface area contributed by atoms with Crippen LogP contribution in [0.4, 0.5) is 5.69 Å². The summed E-state index contributed by atoms with van der Waals surface area (Å²) in [5.74, 6) is 0. The molecule has 1 heterocycles. The van der Waals surface area contributed by atoms with Gasteiger partial charge in [0.25, 0.3) is 5.56 Å². The fraction of sp³-hybridized carbons (Fsp3) is 0.500. The lowest BCUT2D eigenvalue weighted by Crippen LogP contribution is -2.29. The molecule has 0 amide bonds. The van der Waals surface area contributed by atoms with Gasteiger partial charge in [0.1, 0.15) is 4.47 Å². The van der Waals surface area contributed by atoms with E-state index in [2.05, 4.69) is 21.0 Å². The van der Waals surface area contributed by atoms with Gasteiger partial charge in [-0.1, -0.05) is 0 Å². The average molecular weight is 261 g/mol. The summed E-state index contributed by atoms with van der Waals surface area (Å²) >= 11 is 3.13. The maximum atomic E-state index is 11.6. The van der Waals surface area contributed by atoms with Gasteiger partial charge in [-0.2, -0.15) is 5.10 Å². The van der Waals surface area contributed by atoms with Gasteiger partial charge in [0.05, 0.1) is 18.4 Å². The number of rotatable bonds is 3. The quantitative estimate of drug-likeness (QED) is 0.841. The number of halogens is 1. The van der Waals surface area contributed by atoms with Crippen molar-refractivity contribution in [2.75, 3.05) is 26.4 Å². The molecule has 0 aliphatic carbocycles. The summed E-state index contributed by atoms with van der Waals surface area (Å²) in [4.78, 5) is 13.5. The normalized spacial score (nSPS) is 10.9. The lowest BCUT2D eigenvalue weighted by molar-refractivity contribution is 0.367. The number of hydrogen-bond donors (Lipinski definition) is 1. The zero-order valence-corrected chi connectivity index (χ0v) is 9.78. The maximum absolute atomic E-state index is 11.6. The fourth-order valence-electron chi connectivity index (χ4n) is 0.932. The molecular formula is C8H13BrN4O. The number of nitrogens with two attached hydrogens (primary N) is 1. The predicted octanol–water partition coefficient (Wildman–Crippen LogP) is 0.150. The molecule has 5 nitrogen and oxygen atoms in total. The molecule has 0 radical (unpaired) electrons. The molecule has 0 aliphatic heterocycles. The molecule has 78 valence electrons. The lowest BCUT2D eigenvalue weighted by atomic mass is 10.5. The SMILES string of the molecule is CN(C)CCn1ncc(N)c(Br)c1=O. The van der Waals surface area contributed by atoms with E-state index in [9.17, 15) is 4.79 Å². The van der Waals surface area contributed by atoms with Crippen LogP contribution in [-0.2, 0) is 6.54 Å². The molecule has 0 fully saturated rings. The van der Waals surface area contributed by atoms with Gasteiger partial charge in [-0.15, -0.1) is 0 Å². The minimum absolute atomic E-state index is 0.188. The molecule has 0 bridgehead atoms. The summed E-state index contributed by atoms with van der Waals surface area (Å²) in [6.07, 6.45) is 1.47. The zero-order valence-electron chi connectivity index (χ0n) is 8.20. The van der Waals surface area contributed by atoms with Crippen molar-refractivity contribution in [3.05, 3.63) is 21.0 Å². The van der Waals surface area contributed by atoms with Crippen molar-refractivity contribution in [3.8, 4) is 0 Å². The summed E-state index contributed by atoms with van der Waals surface area (Å²) in [7, 11) is 3.88. The van der Waals surface area contributed by atoms with E-state index in [1.807, 2.05) is 19.0 Å². The van der Waals surface area contributed by atoms with Crippen LogP contribution < -0.4 is 11.3 Å². The minimum Gasteiger partial charge on any atom is -0.396 e. The van der Waals surface area contributed by atoms with Crippen molar-refractivity contribution in [1.29, 1.82) is 0 Å². The Balaban J connectivity index is 2.89. The summed E-state index contributed by atoms with van der Waals surface area (Å²) in [5.41, 5.74) is 5.70. The molecule has 6 heteroatoms. The molecule has 0 saturated carbocycles. The van der Waals surface area contributed by atoms with E-state index >= 15 is 0 Å². The second-order valence-electron chi connectivity index (χ2n) is 3.25. The van der Waals surface area contributed by atoms with Crippen LogP contribution in [0.3, 0.4) is 0 Å². The van der Waals surface area contributed by atoms with Crippen LogP contribution >= 0.6 is 15.9 Å². The Kier molecular flexibility index (Phi) is 3.65. The predicted molar refractivity (Wildman–Crippen MR) is 59.2 cm³/mol. The first-order valence-electron chi connectivity index (χ1n) is 4.18. The standard InChI is InChI=1S/C8H13BrN4O/c1-12(2)3-4-13-8(14)7(9)6(10)5-11-13/h5H,3-4,10H2,1-2H3. The first-order valence-corrected chi connectivity index (χ1v) is 4.97. The van der Waals surface area contributed by atoms with Gasteiger partial charge in [0.2, 0.25) is 0 Å². The Morgan fingerprint density at radius 1 is 1.64 bits per heavy atom. The smallest absolute Gasteiger partial charge is 0.283 e. The Bertz CT molecular complexity index is 374. The zero-order chi connectivity index (χ0) is 10.7. The number of aromatic nitrogens is 2. The number of hydrogen-bond acceptors (Lipinski definition) is 4. The second kappa shape index (κ2) is 4.56. The van der Waals surface area contributed by atoms with Gasteiger partial charge >= 0.3 is 0 Å². The molecule has 0 spiro atoms. The summed E-state index contributed by atoms with van der Waals surface area (Å²) < 4.78 is 1.77. The van der Waals surface area contributed by atoms with Gasteiger partial charge < -0.3 is 10.6 Å². The lowest BCUT2D eigenvalue weighted by Gasteiger charge is -2.10. The Morgan fingerprint density at radius 2 is 2.29 bits per heavy atom. The van der Waals surface area contributed by atoms with Crippen molar-refractivity contribution in [2.45, 2.75) is 6.54 Å². The topological polar surface area (TPSA) is 64.2 Å². The van der Waals surface area contributed by atoms with Crippen molar-refractivity contribution < 1.29 is 0 Å². The van der Waals surface area contributed by atoms with E-state index < -0.39 is 0 Å². The van der Waals surface area contributed by atoms with Gasteiger partial charge in [-0.3, -0.25) is 4.79 Å². The maximum Gasteiger partial charge on any atom is 0.283 e. The minimum atomic E-state index is -0.188. The van der Waals surface area contributed by atoms with Gasteiger partial charge in [-0.05, 0) is 30.0 Å². The van der Waals surface area contributed by atoms with Crippen LogP contribution in [0, 0.1) is 0 Å². The van der Waals surface area contributed by atoms with Gasteiger partial charge in [0, 0.05) is 6.54 Å². The van der Waals surface area contributed by atoms with Crippen molar-refractivity contribution >= 4 is 21.6 Å². The van der Waals surface area contributed by atoms with E-state index in [-0.39, 0.29) is 5.56 Å². The van der Waals surface area contributed by atoms with Crippen LogP contribution in [0.2, 0.25) is 0 Å². The molecule has 0 atom stereocenters. The van der Waals surface area contributed by atoms with E-state index in [4.69, 9.17) is 5.73 Å². The van der Waals surface area contributed by atoms with E-state index in [0.717, 1.165) is 6.54 Å². The van der Waals surface area contributed by atoms with Crippen molar-refractivity contribution in [2.24, 2.45) is 0 Å². The molecule has 0 saturated heterocycles. The number of nitrogen functional groups attached to an aromatic ring is 1. The summed E-state index contributed by atoms with van der Waals surface area (Å²) in [5, 5.41) is 3.93. The third-order valence-corrected chi connectivity index (χ3v) is 2.57. The second-order valence-corrected chi connectivity index (χ2v) is 4.04. The molecule has 2 N–H and O–H groups in total. The van der Waals surface area contributed by atoms with Gasteiger partial charge in [-0.25, -0.2) is 4.68 Å². The van der Waals surface area contributed by atoms with E-state index in [0.29, 0.717) is 16.7 Å². The highest BCUT2D eigenvalue weighted by Gasteiger charge is 2.05. The van der Waals surface area contributed by atoms with Crippen LogP contribution in [0.1, 0.15) is 0 Å². The highest BCUT2D eigenvalue weighted by Crippen LogP contribution is 2.10. The number of anilines is 1. The average Bonchev–Trinajstić information content (AvgIpc) is 2.13. The van der Waals surface area contributed by atoms with Crippen LogP contribution in [-0.4, -0.2) is 35.3 Å². The van der Waals surface area contributed by atoms with Crippen LogP contribution in [0.5, 0.6) is 0 Å². The molecule has 1 rings (SSSR count). The summed E-state index contributed by atoms with van der Waals surface area (Å²) in [6, 6.07) is 0. The van der Waals surface area contributed by atoms with E-state index in [1.165, 1.54) is 10.9 Å². The Hall–Kier alpha value is -0.880. The number of nitrogens with zero attached hydrogens (tertiary/aromatic N) is 3. The Morgan fingerprint density at radius 3 is 2.86 bits per heavy atom. The van der Waals surface area contributed by atoms with Crippen molar-refractivity contribution in [1.82, 2.24) is 14.7 Å². The van der Waals surface area contributed by atoms with Crippen molar-refractivity contribution in [3.63, 3.8) is 0 Å². The van der Waals surface area contributed by atoms with Crippen LogP contribution in [0.25, 0.3) is 0 Å². The first-order chi connectivity index (χ1) is 6.52. The monoisotopic (exact) mass is 260 g/mol. The van der Waals surface area contributed by atoms with Crippen LogP contribution in [0.15, 0.2) is 15.5 Å². The molecule has 1 aromatic rings.